The van der Waals surface area contributed by atoms with Gasteiger partial charge in [-0.25, -0.2) is 0 Å². The molecular formula is C12H16N2O2. The predicted molar refractivity (Wildman–Crippen MR) is 61.7 cm³/mol. The van der Waals surface area contributed by atoms with E-state index in [-0.39, 0.29) is 12.4 Å². The van der Waals surface area contributed by atoms with Crippen LogP contribution in [0.5, 0.6) is 0 Å². The summed E-state index contributed by atoms with van der Waals surface area (Å²) >= 11 is 0. The van der Waals surface area contributed by atoms with Crippen LogP contribution in [0.3, 0.4) is 0 Å². The van der Waals surface area contributed by atoms with Crippen LogP contribution < -0.4 is 4.90 Å². The van der Waals surface area contributed by atoms with Crippen LogP contribution in [-0.4, -0.2) is 35.1 Å². The number of aliphatic hydroxyl groups is 1. The molecule has 2 rings (SSSR count). The number of aromatic nitrogens is 1. The van der Waals surface area contributed by atoms with Gasteiger partial charge in [0.2, 0.25) is 0 Å². The molecule has 1 fully saturated rings. The number of Topliss-reactive ketones (excluding diaryl/α,β-unsaturated/α-hetero) is 1. The third-order valence-corrected chi connectivity index (χ3v) is 2.77. The van der Waals surface area contributed by atoms with Crippen LogP contribution in [0.25, 0.3) is 0 Å². The fourth-order valence-electron chi connectivity index (χ4n) is 1.78. The largest absolute Gasteiger partial charge is 0.395 e. The van der Waals surface area contributed by atoms with Gasteiger partial charge in [-0.1, -0.05) is 0 Å². The molecule has 0 spiro atoms. The van der Waals surface area contributed by atoms with Crippen LogP contribution in [-0.2, 0) is 0 Å². The van der Waals surface area contributed by atoms with Gasteiger partial charge in [0.25, 0.3) is 0 Å². The molecule has 4 heteroatoms. The topological polar surface area (TPSA) is 53.4 Å². The van der Waals surface area contributed by atoms with Crippen LogP contribution in [0.1, 0.15) is 30.3 Å². The molecule has 1 heterocycles. The number of aliphatic hydroxyl groups excluding tert-OH is 1. The number of anilines is 1. The average Bonchev–Trinajstić information content (AvgIpc) is 3.10. The zero-order chi connectivity index (χ0) is 11.5. The Hall–Kier alpha value is -1.42. The van der Waals surface area contributed by atoms with Crippen LogP contribution in [0.4, 0.5) is 5.69 Å². The van der Waals surface area contributed by atoms with E-state index in [2.05, 4.69) is 9.88 Å². The molecule has 0 radical (unpaired) electrons. The average molecular weight is 220 g/mol. The molecule has 1 aliphatic carbocycles. The number of hydrogen-bond donors (Lipinski definition) is 1. The third-order valence-electron chi connectivity index (χ3n) is 2.77. The molecule has 0 amide bonds. The van der Waals surface area contributed by atoms with E-state index in [4.69, 9.17) is 5.11 Å². The molecule has 0 saturated heterocycles. The van der Waals surface area contributed by atoms with Crippen molar-refractivity contribution in [3.05, 3.63) is 24.0 Å². The predicted octanol–water partition coefficient (Wildman–Crippen LogP) is 1.25. The minimum Gasteiger partial charge on any atom is -0.395 e. The summed E-state index contributed by atoms with van der Waals surface area (Å²) in [4.78, 5) is 17.4. The van der Waals surface area contributed by atoms with Crippen molar-refractivity contribution in [2.24, 2.45) is 0 Å². The molecule has 1 aliphatic rings. The summed E-state index contributed by atoms with van der Waals surface area (Å²) < 4.78 is 0. The van der Waals surface area contributed by atoms with Crippen molar-refractivity contribution in [3.63, 3.8) is 0 Å². The van der Waals surface area contributed by atoms with Crippen molar-refractivity contribution < 1.29 is 9.90 Å². The minimum absolute atomic E-state index is 0.0216. The van der Waals surface area contributed by atoms with E-state index in [0.717, 1.165) is 5.69 Å². The van der Waals surface area contributed by atoms with Gasteiger partial charge in [-0.05, 0) is 25.0 Å². The van der Waals surface area contributed by atoms with Gasteiger partial charge in [0.1, 0.15) is 5.69 Å². The number of hydrogen-bond acceptors (Lipinski definition) is 4. The van der Waals surface area contributed by atoms with E-state index in [1.54, 1.807) is 12.3 Å². The summed E-state index contributed by atoms with van der Waals surface area (Å²) in [7, 11) is 0. The van der Waals surface area contributed by atoms with Gasteiger partial charge >= 0.3 is 0 Å². The second kappa shape index (κ2) is 4.61. The van der Waals surface area contributed by atoms with E-state index < -0.39 is 0 Å². The van der Waals surface area contributed by atoms with Crippen LogP contribution >= 0.6 is 0 Å². The summed E-state index contributed by atoms with van der Waals surface area (Å²) in [5, 5.41) is 9.00. The number of nitrogens with zero attached hydrogens (tertiary/aromatic N) is 2. The van der Waals surface area contributed by atoms with Gasteiger partial charge < -0.3 is 10.0 Å². The van der Waals surface area contributed by atoms with Gasteiger partial charge in [0.05, 0.1) is 18.5 Å². The lowest BCUT2D eigenvalue weighted by Crippen LogP contribution is -2.28. The van der Waals surface area contributed by atoms with Crippen molar-refractivity contribution >= 4 is 11.5 Å². The Kier molecular flexibility index (Phi) is 3.19. The highest BCUT2D eigenvalue weighted by molar-refractivity contribution is 5.92. The third kappa shape index (κ3) is 2.39. The molecule has 1 aromatic rings. The van der Waals surface area contributed by atoms with Crippen LogP contribution in [0.2, 0.25) is 0 Å². The maximum atomic E-state index is 11.1. The highest BCUT2D eigenvalue weighted by atomic mass is 16.3. The summed E-state index contributed by atoms with van der Waals surface area (Å²) in [5.41, 5.74) is 1.48. The minimum atomic E-state index is -0.0216. The Labute approximate surface area is 94.9 Å². The van der Waals surface area contributed by atoms with Gasteiger partial charge in [0, 0.05) is 19.5 Å². The molecule has 1 N–H and O–H groups in total. The van der Waals surface area contributed by atoms with Crippen molar-refractivity contribution in [2.45, 2.75) is 25.8 Å². The van der Waals surface area contributed by atoms with Gasteiger partial charge in [0.15, 0.2) is 5.78 Å². The highest BCUT2D eigenvalue weighted by Gasteiger charge is 2.28. The Morgan fingerprint density at radius 3 is 2.75 bits per heavy atom. The van der Waals surface area contributed by atoms with E-state index in [1.165, 1.54) is 19.8 Å². The first-order chi connectivity index (χ1) is 7.72. The van der Waals surface area contributed by atoms with Gasteiger partial charge in [-0.15, -0.1) is 0 Å². The fraction of sp³-hybridized carbons (Fsp3) is 0.500. The van der Waals surface area contributed by atoms with Crippen LogP contribution in [0.15, 0.2) is 18.3 Å². The first-order valence-electron chi connectivity index (χ1n) is 5.57. The monoisotopic (exact) mass is 220 g/mol. The lowest BCUT2D eigenvalue weighted by Gasteiger charge is -2.23. The lowest BCUT2D eigenvalue weighted by atomic mass is 10.2. The van der Waals surface area contributed by atoms with E-state index >= 15 is 0 Å². The van der Waals surface area contributed by atoms with Crippen molar-refractivity contribution in [2.75, 3.05) is 18.1 Å². The SMILES string of the molecule is CC(=O)c1ccc(N(CCO)C2CC2)cn1. The first-order valence-corrected chi connectivity index (χ1v) is 5.57. The molecular weight excluding hydrogens is 204 g/mol. The second-order valence-corrected chi connectivity index (χ2v) is 4.11. The molecule has 0 aliphatic heterocycles. The number of carbonyl (C=O) groups is 1. The van der Waals surface area contributed by atoms with Crippen molar-refractivity contribution in [1.82, 2.24) is 4.98 Å². The molecule has 0 atom stereocenters. The highest BCUT2D eigenvalue weighted by Crippen LogP contribution is 2.30. The Morgan fingerprint density at radius 2 is 2.31 bits per heavy atom. The summed E-state index contributed by atoms with van der Waals surface area (Å²) in [6, 6.07) is 4.18. The zero-order valence-corrected chi connectivity index (χ0v) is 9.39. The van der Waals surface area contributed by atoms with Gasteiger partial charge in [-0.3, -0.25) is 9.78 Å². The maximum absolute atomic E-state index is 11.1. The molecule has 86 valence electrons. The maximum Gasteiger partial charge on any atom is 0.178 e. The van der Waals surface area contributed by atoms with E-state index in [1.807, 2.05) is 6.07 Å². The van der Waals surface area contributed by atoms with Crippen molar-refractivity contribution in [3.8, 4) is 0 Å². The molecule has 4 nitrogen and oxygen atoms in total. The molecule has 16 heavy (non-hydrogen) atoms. The first kappa shape index (κ1) is 11.1. The summed E-state index contributed by atoms with van der Waals surface area (Å²) in [6.45, 7) is 2.28. The smallest absolute Gasteiger partial charge is 0.178 e. The standard InChI is InChI=1S/C12H16N2O2/c1-9(16)12-5-4-11(8-13-12)14(6-7-15)10-2-3-10/h4-5,8,10,15H,2-3,6-7H2,1H3. The molecule has 1 saturated carbocycles. The summed E-state index contributed by atoms with van der Waals surface area (Å²) in [5.74, 6) is -0.0216. The van der Waals surface area contributed by atoms with Crippen molar-refractivity contribution in [1.29, 1.82) is 0 Å². The second-order valence-electron chi connectivity index (χ2n) is 4.11. The normalized spacial score (nSPS) is 14.9. The lowest BCUT2D eigenvalue weighted by molar-refractivity contribution is 0.101. The summed E-state index contributed by atoms with van der Waals surface area (Å²) in [6.07, 6.45) is 4.06. The number of carbonyl (C=O) groups excluding carboxylic acids is 1. The zero-order valence-electron chi connectivity index (χ0n) is 9.39. The number of pyridine rings is 1. The quantitative estimate of drug-likeness (QED) is 0.759. The molecule has 0 bridgehead atoms. The number of ketones is 1. The molecule has 0 unspecified atom stereocenters. The Bertz CT molecular complexity index is 371. The Balaban J connectivity index is 2.14. The fourth-order valence-corrected chi connectivity index (χ4v) is 1.78. The molecule has 1 aromatic heterocycles. The Morgan fingerprint density at radius 1 is 1.56 bits per heavy atom. The number of rotatable bonds is 5. The van der Waals surface area contributed by atoms with E-state index in [0.29, 0.717) is 18.3 Å². The van der Waals surface area contributed by atoms with E-state index in [9.17, 15) is 4.79 Å². The van der Waals surface area contributed by atoms with Gasteiger partial charge in [-0.2, -0.15) is 0 Å². The molecule has 0 aromatic carbocycles. The van der Waals surface area contributed by atoms with Crippen LogP contribution in [0, 0.1) is 0 Å².